The van der Waals surface area contributed by atoms with Gasteiger partial charge in [0.05, 0.1) is 6.54 Å². The first-order valence-electron chi connectivity index (χ1n) is 4.92. The van der Waals surface area contributed by atoms with Crippen LogP contribution in [-0.2, 0) is 6.54 Å². The molecule has 2 aromatic rings. The molecule has 0 amide bonds. The SMILES string of the molecule is Cc1cnc(CNc2nc(C(=O)O)c(C)s2)s1. The third-order valence-electron chi connectivity index (χ3n) is 2.06. The van der Waals surface area contributed by atoms with E-state index in [-0.39, 0.29) is 5.69 Å². The molecular weight excluding hydrogens is 258 g/mol. The summed E-state index contributed by atoms with van der Waals surface area (Å²) < 4.78 is 0. The third kappa shape index (κ3) is 2.80. The zero-order valence-electron chi connectivity index (χ0n) is 9.35. The van der Waals surface area contributed by atoms with E-state index < -0.39 is 5.97 Å². The normalized spacial score (nSPS) is 10.5. The number of hydrogen-bond donors (Lipinski definition) is 2. The Morgan fingerprint density at radius 1 is 1.47 bits per heavy atom. The van der Waals surface area contributed by atoms with Gasteiger partial charge in [0.15, 0.2) is 10.8 Å². The number of anilines is 1. The third-order valence-corrected chi connectivity index (χ3v) is 3.90. The number of rotatable bonds is 4. The standard InChI is InChI=1S/C10H11N3O2S2/c1-5-3-11-7(16-5)4-12-10-13-8(9(14)15)6(2)17-10/h3H,4H2,1-2H3,(H,12,13)(H,14,15). The number of aromatic nitrogens is 2. The van der Waals surface area contributed by atoms with E-state index in [1.807, 2.05) is 13.1 Å². The Balaban J connectivity index is 2.04. The summed E-state index contributed by atoms with van der Waals surface area (Å²) >= 11 is 2.95. The summed E-state index contributed by atoms with van der Waals surface area (Å²) in [6.45, 7) is 4.32. The van der Waals surface area contributed by atoms with E-state index in [9.17, 15) is 4.79 Å². The van der Waals surface area contributed by atoms with Gasteiger partial charge in [-0.2, -0.15) is 0 Å². The molecular formula is C10H11N3O2S2. The number of carbonyl (C=O) groups is 1. The van der Waals surface area contributed by atoms with E-state index in [1.54, 1.807) is 18.3 Å². The first-order chi connectivity index (χ1) is 8.06. The summed E-state index contributed by atoms with van der Waals surface area (Å²) in [5, 5.41) is 13.5. The van der Waals surface area contributed by atoms with Crippen molar-refractivity contribution in [2.75, 3.05) is 5.32 Å². The molecule has 2 N–H and O–H groups in total. The molecule has 2 rings (SSSR count). The number of hydrogen-bond acceptors (Lipinski definition) is 6. The highest BCUT2D eigenvalue weighted by Gasteiger charge is 2.13. The zero-order valence-corrected chi connectivity index (χ0v) is 11.0. The minimum Gasteiger partial charge on any atom is -0.476 e. The van der Waals surface area contributed by atoms with Gasteiger partial charge in [-0.25, -0.2) is 14.8 Å². The van der Waals surface area contributed by atoms with Crippen LogP contribution in [0.15, 0.2) is 6.20 Å². The number of aromatic carboxylic acids is 1. The van der Waals surface area contributed by atoms with Gasteiger partial charge in [-0.3, -0.25) is 0 Å². The van der Waals surface area contributed by atoms with Gasteiger partial charge in [-0.05, 0) is 13.8 Å². The van der Waals surface area contributed by atoms with Crippen molar-refractivity contribution in [3.05, 3.63) is 26.7 Å². The summed E-state index contributed by atoms with van der Waals surface area (Å²) in [5.41, 5.74) is 0.118. The molecule has 17 heavy (non-hydrogen) atoms. The molecule has 2 heterocycles. The number of carboxylic acid groups (broad SMARTS) is 1. The topological polar surface area (TPSA) is 75.1 Å². The van der Waals surface area contributed by atoms with Crippen molar-refractivity contribution >= 4 is 33.8 Å². The minimum atomic E-state index is -0.989. The highest BCUT2D eigenvalue weighted by molar-refractivity contribution is 7.15. The van der Waals surface area contributed by atoms with Crippen LogP contribution in [0.2, 0.25) is 0 Å². The van der Waals surface area contributed by atoms with E-state index in [1.165, 1.54) is 11.3 Å². The van der Waals surface area contributed by atoms with Gasteiger partial charge < -0.3 is 10.4 Å². The Bertz CT molecular complexity index is 547. The quantitative estimate of drug-likeness (QED) is 0.892. The zero-order chi connectivity index (χ0) is 12.4. The van der Waals surface area contributed by atoms with Crippen molar-refractivity contribution in [1.82, 2.24) is 9.97 Å². The molecule has 7 heteroatoms. The van der Waals surface area contributed by atoms with Crippen LogP contribution < -0.4 is 5.32 Å². The fraction of sp³-hybridized carbons (Fsp3) is 0.300. The highest BCUT2D eigenvalue weighted by atomic mass is 32.1. The lowest BCUT2D eigenvalue weighted by atomic mass is 10.4. The van der Waals surface area contributed by atoms with Crippen LogP contribution in [0.3, 0.4) is 0 Å². The van der Waals surface area contributed by atoms with Crippen LogP contribution >= 0.6 is 22.7 Å². The molecule has 0 saturated heterocycles. The minimum absolute atomic E-state index is 0.118. The number of nitrogens with zero attached hydrogens (tertiary/aromatic N) is 2. The molecule has 0 bridgehead atoms. The van der Waals surface area contributed by atoms with E-state index in [0.29, 0.717) is 16.6 Å². The van der Waals surface area contributed by atoms with Crippen LogP contribution in [0.1, 0.15) is 25.3 Å². The first kappa shape index (κ1) is 12.0. The first-order valence-corrected chi connectivity index (χ1v) is 6.55. The van der Waals surface area contributed by atoms with Crippen molar-refractivity contribution in [1.29, 1.82) is 0 Å². The van der Waals surface area contributed by atoms with Crippen molar-refractivity contribution in [3.63, 3.8) is 0 Å². The molecule has 2 aromatic heterocycles. The van der Waals surface area contributed by atoms with Gasteiger partial charge in [0.25, 0.3) is 0 Å². The molecule has 0 fully saturated rings. The number of nitrogens with one attached hydrogen (secondary N) is 1. The van der Waals surface area contributed by atoms with Crippen molar-refractivity contribution in [2.24, 2.45) is 0 Å². The van der Waals surface area contributed by atoms with Gasteiger partial charge in [-0.1, -0.05) is 0 Å². The smallest absolute Gasteiger partial charge is 0.355 e. The summed E-state index contributed by atoms with van der Waals surface area (Å²) in [4.78, 5) is 20.9. The molecule has 5 nitrogen and oxygen atoms in total. The molecule has 0 aliphatic rings. The summed E-state index contributed by atoms with van der Waals surface area (Å²) in [6.07, 6.45) is 1.82. The van der Waals surface area contributed by atoms with Gasteiger partial charge in [0.1, 0.15) is 5.01 Å². The number of carboxylic acids is 1. The average molecular weight is 269 g/mol. The predicted molar refractivity (Wildman–Crippen MR) is 68.0 cm³/mol. The Morgan fingerprint density at radius 2 is 2.24 bits per heavy atom. The lowest BCUT2D eigenvalue weighted by molar-refractivity contribution is 0.0690. The van der Waals surface area contributed by atoms with E-state index in [0.717, 1.165) is 9.88 Å². The van der Waals surface area contributed by atoms with Crippen molar-refractivity contribution in [3.8, 4) is 0 Å². The Kier molecular flexibility index (Phi) is 3.39. The van der Waals surface area contributed by atoms with Gasteiger partial charge in [-0.15, -0.1) is 22.7 Å². The molecule has 0 radical (unpaired) electrons. The average Bonchev–Trinajstić information content (AvgIpc) is 2.82. The lowest BCUT2D eigenvalue weighted by Crippen LogP contribution is -2.01. The molecule has 0 aliphatic carbocycles. The maximum Gasteiger partial charge on any atom is 0.355 e. The van der Waals surface area contributed by atoms with Gasteiger partial charge in [0, 0.05) is 16.0 Å². The molecule has 0 atom stereocenters. The second-order valence-electron chi connectivity index (χ2n) is 3.45. The van der Waals surface area contributed by atoms with Crippen molar-refractivity contribution < 1.29 is 9.90 Å². The van der Waals surface area contributed by atoms with Crippen LogP contribution in [0.25, 0.3) is 0 Å². The number of aryl methyl sites for hydroxylation is 2. The summed E-state index contributed by atoms with van der Waals surface area (Å²) in [5.74, 6) is -0.989. The van der Waals surface area contributed by atoms with Crippen LogP contribution in [0, 0.1) is 13.8 Å². The fourth-order valence-electron chi connectivity index (χ4n) is 1.30. The summed E-state index contributed by atoms with van der Waals surface area (Å²) in [6, 6.07) is 0. The lowest BCUT2D eigenvalue weighted by Gasteiger charge is -1.97. The Labute approximate surface area is 106 Å². The summed E-state index contributed by atoms with van der Waals surface area (Å²) in [7, 11) is 0. The maximum atomic E-state index is 10.8. The van der Waals surface area contributed by atoms with Crippen LogP contribution in [0.4, 0.5) is 5.13 Å². The fourth-order valence-corrected chi connectivity index (χ4v) is 2.83. The molecule has 0 saturated carbocycles. The molecule has 90 valence electrons. The van der Waals surface area contributed by atoms with E-state index in [4.69, 9.17) is 5.11 Å². The molecule has 0 spiro atoms. The van der Waals surface area contributed by atoms with Crippen molar-refractivity contribution in [2.45, 2.75) is 20.4 Å². The van der Waals surface area contributed by atoms with E-state index >= 15 is 0 Å². The van der Waals surface area contributed by atoms with Gasteiger partial charge >= 0.3 is 5.97 Å². The Morgan fingerprint density at radius 3 is 2.76 bits per heavy atom. The second-order valence-corrected chi connectivity index (χ2v) is 5.97. The Hall–Kier alpha value is -1.47. The maximum absolute atomic E-state index is 10.8. The van der Waals surface area contributed by atoms with E-state index in [2.05, 4.69) is 15.3 Å². The monoisotopic (exact) mass is 269 g/mol. The molecule has 0 aromatic carbocycles. The highest BCUT2D eigenvalue weighted by Crippen LogP contribution is 2.23. The van der Waals surface area contributed by atoms with Gasteiger partial charge in [0.2, 0.25) is 0 Å². The number of thiazole rings is 2. The van der Waals surface area contributed by atoms with Crippen LogP contribution in [0.5, 0.6) is 0 Å². The second kappa shape index (κ2) is 4.80. The molecule has 0 aliphatic heterocycles. The molecule has 0 unspecified atom stereocenters. The van der Waals surface area contributed by atoms with Crippen LogP contribution in [-0.4, -0.2) is 21.0 Å². The predicted octanol–water partition coefficient (Wildman–Crippen LogP) is 2.53. The largest absolute Gasteiger partial charge is 0.476 e.